The Kier molecular flexibility index (Phi) is 16.6. The zero-order valence-electron chi connectivity index (χ0n) is 28.8. The van der Waals surface area contributed by atoms with Crippen molar-refractivity contribution in [2.45, 2.75) is 83.5 Å². The third kappa shape index (κ3) is 13.7. The van der Waals surface area contributed by atoms with E-state index in [0.717, 1.165) is 12.8 Å². The van der Waals surface area contributed by atoms with Crippen molar-refractivity contribution in [3.05, 3.63) is 29.3 Å². The van der Waals surface area contributed by atoms with Crippen LogP contribution in [-0.2, 0) is 35.3 Å². The molecule has 0 unspecified atom stereocenters. The van der Waals surface area contributed by atoms with E-state index in [1.807, 2.05) is 0 Å². The molecule has 0 aliphatic carbocycles. The molecule has 0 fully saturated rings. The van der Waals surface area contributed by atoms with E-state index in [4.69, 9.17) is 17.2 Å². The van der Waals surface area contributed by atoms with Crippen LogP contribution in [0.1, 0.15) is 74.7 Å². The van der Waals surface area contributed by atoms with Gasteiger partial charge in [0.05, 0.1) is 13.0 Å². The number of carbonyl (C=O) groups is 7. The number of nitrogens with two attached hydrogens (primary N) is 3. The summed E-state index contributed by atoms with van der Waals surface area (Å²) in [5, 5.41) is 22.2. The van der Waals surface area contributed by atoms with Crippen molar-refractivity contribution in [1.82, 2.24) is 26.2 Å². The minimum Gasteiger partial charge on any atom is -0.481 e. The van der Waals surface area contributed by atoms with Gasteiger partial charge in [0.15, 0.2) is 5.96 Å². The Morgan fingerprint density at radius 1 is 0.980 bits per heavy atom. The maximum Gasteiger partial charge on any atom is 0.305 e. The summed E-state index contributed by atoms with van der Waals surface area (Å²) in [6.45, 7) is 3.25. The van der Waals surface area contributed by atoms with E-state index in [9.17, 15) is 38.7 Å². The number of carbonyl (C=O) groups excluding carboxylic acids is 6. The number of rotatable bonds is 13. The Balaban J connectivity index is 2.55. The van der Waals surface area contributed by atoms with Gasteiger partial charge in [-0.1, -0.05) is 20.3 Å². The highest BCUT2D eigenvalue weighted by atomic mass is 16.4. The van der Waals surface area contributed by atoms with E-state index in [1.54, 1.807) is 19.9 Å². The Labute approximate surface area is 290 Å². The van der Waals surface area contributed by atoms with Crippen molar-refractivity contribution in [2.24, 2.45) is 28.1 Å². The zero-order chi connectivity index (χ0) is 37.4. The first kappa shape index (κ1) is 40.9. The van der Waals surface area contributed by atoms with Crippen LogP contribution in [0.25, 0.3) is 0 Å². The van der Waals surface area contributed by atoms with Crippen LogP contribution in [0.2, 0.25) is 0 Å². The highest BCUT2D eigenvalue weighted by molar-refractivity contribution is 6.01. The molecule has 2 bridgehead atoms. The largest absolute Gasteiger partial charge is 0.481 e. The lowest BCUT2D eigenvalue weighted by Gasteiger charge is -2.32. The summed E-state index contributed by atoms with van der Waals surface area (Å²) in [4.78, 5) is 96.1. The molecule has 1 aromatic rings. The fourth-order valence-corrected chi connectivity index (χ4v) is 5.16. The topological polar surface area (TPSA) is 294 Å². The van der Waals surface area contributed by atoms with Crippen LogP contribution in [0.4, 0.5) is 5.69 Å². The molecule has 18 nitrogen and oxygen atoms in total. The molecule has 0 spiro atoms. The molecule has 50 heavy (non-hydrogen) atoms. The van der Waals surface area contributed by atoms with Gasteiger partial charge in [0, 0.05) is 37.8 Å². The van der Waals surface area contributed by atoms with Crippen molar-refractivity contribution in [3.8, 4) is 0 Å². The molecule has 0 saturated heterocycles. The van der Waals surface area contributed by atoms with Crippen molar-refractivity contribution >= 4 is 53.1 Å². The van der Waals surface area contributed by atoms with Gasteiger partial charge in [-0.15, -0.1) is 0 Å². The molecular weight excluding hydrogens is 652 g/mol. The first-order valence-corrected chi connectivity index (χ1v) is 16.5. The third-order valence-electron chi connectivity index (χ3n) is 7.83. The average Bonchev–Trinajstić information content (AvgIpc) is 3.05. The third-order valence-corrected chi connectivity index (χ3v) is 7.83. The molecule has 0 saturated carbocycles. The fourth-order valence-electron chi connectivity index (χ4n) is 5.16. The maximum absolute atomic E-state index is 13.9. The van der Waals surface area contributed by atoms with Gasteiger partial charge >= 0.3 is 5.97 Å². The van der Waals surface area contributed by atoms with Crippen LogP contribution in [0.3, 0.4) is 0 Å². The standard InChI is InChI=1S/C32H50N10O8/c1-18(2)27-31(50)42(3)23(8-7-11-36-32(34)35)30(49)38-17-25(44)40-22(15-26(45)46)29(48)37-16-19-12-20(28(47)41-27)14-21(13-19)39-24(43)9-5-4-6-10-33/h12-14,18,22-23,27H,4-11,15-17,33H2,1-3H3,(H,37,48)(H,38,49)(H,39,43)(H,40,44)(H,41,47)(H,45,46)(H4,34,35,36)/t22-,23-,27+/m0/s1. The molecule has 0 aromatic heterocycles. The van der Waals surface area contributed by atoms with E-state index in [0.29, 0.717) is 18.5 Å². The number of unbranched alkanes of at least 4 members (excludes halogenated alkanes) is 2. The van der Waals surface area contributed by atoms with Crippen molar-refractivity contribution in [1.29, 1.82) is 0 Å². The molecule has 1 aliphatic heterocycles. The first-order chi connectivity index (χ1) is 23.6. The summed E-state index contributed by atoms with van der Waals surface area (Å²) in [5.74, 6) is -5.92. The number of aliphatic carboxylic acids is 1. The van der Waals surface area contributed by atoms with Crippen molar-refractivity contribution in [2.75, 3.05) is 32.0 Å². The van der Waals surface area contributed by atoms with Gasteiger partial charge in [-0.3, -0.25) is 38.6 Å². The minimum atomic E-state index is -1.51. The zero-order valence-corrected chi connectivity index (χ0v) is 28.8. The van der Waals surface area contributed by atoms with Crippen LogP contribution >= 0.6 is 0 Å². The Morgan fingerprint density at radius 3 is 2.32 bits per heavy atom. The Bertz CT molecular complexity index is 1430. The number of nitrogens with zero attached hydrogens (tertiary/aromatic N) is 2. The second kappa shape index (κ2) is 20.3. The smallest absolute Gasteiger partial charge is 0.305 e. The van der Waals surface area contributed by atoms with E-state index in [2.05, 4.69) is 31.6 Å². The molecular formula is C32H50N10O8. The lowest BCUT2D eigenvalue weighted by Crippen LogP contribution is -2.57. The van der Waals surface area contributed by atoms with E-state index in [1.165, 1.54) is 24.1 Å². The summed E-state index contributed by atoms with van der Waals surface area (Å²) in [6, 6.07) is 0.681. The summed E-state index contributed by atoms with van der Waals surface area (Å²) in [5.41, 5.74) is 17.0. The number of amides is 6. The molecule has 276 valence electrons. The molecule has 1 heterocycles. The van der Waals surface area contributed by atoms with Gasteiger partial charge in [-0.2, -0.15) is 0 Å². The number of hydrogen-bond donors (Lipinski definition) is 9. The Morgan fingerprint density at radius 2 is 1.68 bits per heavy atom. The van der Waals surface area contributed by atoms with E-state index in [-0.39, 0.29) is 55.5 Å². The van der Waals surface area contributed by atoms with Gasteiger partial charge < -0.3 is 53.8 Å². The number of nitrogens with one attached hydrogen (secondary N) is 5. The van der Waals surface area contributed by atoms with Crippen LogP contribution in [0.5, 0.6) is 0 Å². The van der Waals surface area contributed by atoms with Crippen molar-refractivity contribution < 1.29 is 38.7 Å². The summed E-state index contributed by atoms with van der Waals surface area (Å²) < 4.78 is 0. The van der Waals surface area contributed by atoms with E-state index < -0.39 is 72.5 Å². The molecule has 1 aromatic carbocycles. The van der Waals surface area contributed by atoms with Crippen LogP contribution < -0.4 is 43.8 Å². The predicted molar refractivity (Wildman–Crippen MR) is 184 cm³/mol. The number of fused-ring (bicyclic) bond motifs is 2. The molecule has 3 atom stereocenters. The number of likely N-dealkylation sites (N-methyl/N-ethyl adjacent to an activating group) is 1. The number of anilines is 1. The number of carboxylic acid groups (broad SMARTS) is 1. The quantitative estimate of drug-likeness (QED) is 0.0646. The SMILES string of the molecule is CC(C)[C@H]1NC(=O)c2cc(cc(NC(=O)CCCCCN)c2)CNC(=O)[C@H](CC(=O)O)NC(=O)CNC(=O)[C@H](CCCN=C(N)N)N(C)C1=O. The highest BCUT2D eigenvalue weighted by Gasteiger charge is 2.34. The summed E-state index contributed by atoms with van der Waals surface area (Å²) >= 11 is 0. The summed E-state index contributed by atoms with van der Waals surface area (Å²) in [6.07, 6.45) is 1.92. The number of hydrogen-bond acceptors (Lipinski definition) is 9. The van der Waals surface area contributed by atoms with Crippen LogP contribution in [-0.4, -0.2) is 102 Å². The van der Waals surface area contributed by atoms with Gasteiger partial charge in [0.25, 0.3) is 5.91 Å². The second-order valence-corrected chi connectivity index (χ2v) is 12.3. The van der Waals surface area contributed by atoms with Crippen LogP contribution in [0, 0.1) is 5.92 Å². The highest BCUT2D eigenvalue weighted by Crippen LogP contribution is 2.19. The van der Waals surface area contributed by atoms with Gasteiger partial charge in [-0.05, 0) is 61.9 Å². The number of guanidine groups is 1. The molecule has 0 radical (unpaired) electrons. The molecule has 18 heteroatoms. The minimum absolute atomic E-state index is 0.0549. The van der Waals surface area contributed by atoms with Gasteiger partial charge in [-0.25, -0.2) is 0 Å². The van der Waals surface area contributed by atoms with Gasteiger partial charge in [0.1, 0.15) is 18.1 Å². The van der Waals surface area contributed by atoms with Crippen LogP contribution in [0.15, 0.2) is 23.2 Å². The lowest BCUT2D eigenvalue weighted by atomic mass is 9.99. The monoisotopic (exact) mass is 702 g/mol. The second-order valence-electron chi connectivity index (χ2n) is 12.3. The number of benzene rings is 1. The Hall–Kier alpha value is -5.26. The van der Waals surface area contributed by atoms with Gasteiger partial charge in [0.2, 0.25) is 29.5 Å². The molecule has 1 aliphatic rings. The number of aliphatic imine (C=N–C) groups is 1. The number of carboxylic acids is 1. The predicted octanol–water partition coefficient (Wildman–Crippen LogP) is -1.52. The maximum atomic E-state index is 13.9. The summed E-state index contributed by atoms with van der Waals surface area (Å²) in [7, 11) is 1.39. The lowest BCUT2D eigenvalue weighted by molar-refractivity contribution is -0.142. The molecule has 12 N–H and O–H groups in total. The fraction of sp³-hybridized carbons (Fsp3) is 0.562. The normalized spacial score (nSPS) is 19.3. The first-order valence-electron chi connectivity index (χ1n) is 16.5. The van der Waals surface area contributed by atoms with Crippen molar-refractivity contribution in [3.63, 3.8) is 0 Å². The average molecular weight is 703 g/mol. The van der Waals surface area contributed by atoms with E-state index >= 15 is 0 Å². The molecule has 2 rings (SSSR count). The molecule has 6 amide bonds.